The van der Waals surface area contributed by atoms with Crippen LogP contribution in [0.5, 0.6) is 0 Å². The highest BCUT2D eigenvalue weighted by Gasteiger charge is 2.36. The van der Waals surface area contributed by atoms with Gasteiger partial charge in [0, 0.05) is 25.1 Å². The lowest BCUT2D eigenvalue weighted by atomic mass is 10.1. The molecule has 0 aliphatic carbocycles. The molecule has 0 bridgehead atoms. The van der Waals surface area contributed by atoms with Crippen LogP contribution in [0, 0.1) is 0 Å². The Kier molecular flexibility index (Phi) is 3.45. The van der Waals surface area contributed by atoms with Gasteiger partial charge < -0.3 is 0 Å². The average Bonchev–Trinajstić information content (AvgIpc) is 2.99. The zero-order valence-corrected chi connectivity index (χ0v) is 11.6. The molecule has 1 atom stereocenters. The largest absolute Gasteiger partial charge is 0.263 e. The topological polar surface area (TPSA) is 76.1 Å². The second kappa shape index (κ2) is 5.26. The van der Waals surface area contributed by atoms with Gasteiger partial charge in [-0.25, -0.2) is 18.4 Å². The van der Waals surface area contributed by atoms with Gasteiger partial charge in [-0.15, -0.1) is 0 Å². The first-order chi connectivity index (χ1) is 9.69. The molecule has 7 heteroatoms. The predicted molar refractivity (Wildman–Crippen MR) is 72.1 cm³/mol. The van der Waals surface area contributed by atoms with Crippen molar-refractivity contribution < 1.29 is 8.42 Å². The predicted octanol–water partition coefficient (Wildman–Crippen LogP) is 1.40. The Labute approximate surface area is 117 Å². The molecule has 1 unspecified atom stereocenters. The van der Waals surface area contributed by atoms with Gasteiger partial charge in [0.2, 0.25) is 10.0 Å². The summed E-state index contributed by atoms with van der Waals surface area (Å²) in [5, 5.41) is 0. The zero-order valence-electron chi connectivity index (χ0n) is 10.8. The SMILES string of the molecule is O=S(=O)(c1cccnc1)N1CCCC1c1ccncn1. The number of hydrogen-bond donors (Lipinski definition) is 0. The molecule has 6 nitrogen and oxygen atoms in total. The molecule has 0 aromatic carbocycles. The molecule has 0 amide bonds. The van der Waals surface area contributed by atoms with Gasteiger partial charge in [0.05, 0.1) is 11.7 Å². The Balaban J connectivity index is 1.97. The third kappa shape index (κ3) is 2.30. The van der Waals surface area contributed by atoms with Crippen molar-refractivity contribution >= 4 is 10.0 Å². The van der Waals surface area contributed by atoms with E-state index in [0.29, 0.717) is 6.54 Å². The summed E-state index contributed by atoms with van der Waals surface area (Å²) < 4.78 is 26.8. The molecule has 1 aliphatic rings. The monoisotopic (exact) mass is 290 g/mol. The van der Waals surface area contributed by atoms with Gasteiger partial charge >= 0.3 is 0 Å². The van der Waals surface area contributed by atoms with Crippen LogP contribution in [-0.2, 0) is 10.0 Å². The van der Waals surface area contributed by atoms with Crippen molar-refractivity contribution in [1.82, 2.24) is 19.3 Å². The highest BCUT2D eigenvalue weighted by Crippen LogP contribution is 2.35. The first-order valence-electron chi connectivity index (χ1n) is 6.37. The molecule has 104 valence electrons. The van der Waals surface area contributed by atoms with E-state index in [1.807, 2.05) is 0 Å². The van der Waals surface area contributed by atoms with Crippen molar-refractivity contribution in [2.24, 2.45) is 0 Å². The van der Waals surface area contributed by atoms with Gasteiger partial charge in [0.25, 0.3) is 0 Å². The second-order valence-corrected chi connectivity index (χ2v) is 6.49. The fourth-order valence-corrected chi connectivity index (χ4v) is 4.09. The van der Waals surface area contributed by atoms with E-state index < -0.39 is 10.0 Å². The lowest BCUT2D eigenvalue weighted by Crippen LogP contribution is -2.31. The molecule has 0 radical (unpaired) electrons. The van der Waals surface area contributed by atoms with Crippen molar-refractivity contribution in [2.45, 2.75) is 23.8 Å². The molecule has 0 spiro atoms. The van der Waals surface area contributed by atoms with Gasteiger partial charge in [0.1, 0.15) is 11.2 Å². The third-order valence-corrected chi connectivity index (χ3v) is 5.28. The first kappa shape index (κ1) is 13.1. The van der Waals surface area contributed by atoms with Crippen molar-refractivity contribution in [3.05, 3.63) is 48.8 Å². The molecular weight excluding hydrogens is 276 g/mol. The molecule has 2 aromatic rings. The molecule has 1 saturated heterocycles. The van der Waals surface area contributed by atoms with Crippen molar-refractivity contribution in [2.75, 3.05) is 6.54 Å². The fraction of sp³-hybridized carbons (Fsp3) is 0.308. The molecule has 3 rings (SSSR count). The van der Waals surface area contributed by atoms with E-state index in [-0.39, 0.29) is 10.9 Å². The summed E-state index contributed by atoms with van der Waals surface area (Å²) in [6.45, 7) is 0.506. The summed E-state index contributed by atoms with van der Waals surface area (Å²) >= 11 is 0. The molecule has 1 fully saturated rings. The van der Waals surface area contributed by atoms with E-state index >= 15 is 0 Å². The average molecular weight is 290 g/mol. The van der Waals surface area contributed by atoms with Crippen LogP contribution in [0.25, 0.3) is 0 Å². The summed E-state index contributed by atoms with van der Waals surface area (Å²) in [5.74, 6) is 0. The Bertz CT molecular complexity index is 676. The van der Waals surface area contributed by atoms with Gasteiger partial charge in [0.15, 0.2) is 0 Å². The lowest BCUT2D eigenvalue weighted by molar-refractivity contribution is 0.390. The van der Waals surface area contributed by atoms with Crippen molar-refractivity contribution in [3.8, 4) is 0 Å². The molecule has 2 aromatic heterocycles. The van der Waals surface area contributed by atoms with Crippen molar-refractivity contribution in [3.63, 3.8) is 0 Å². The Morgan fingerprint density at radius 3 is 2.80 bits per heavy atom. The number of rotatable bonds is 3. The van der Waals surface area contributed by atoms with E-state index in [0.717, 1.165) is 18.5 Å². The molecular formula is C13H14N4O2S. The molecule has 0 N–H and O–H groups in total. The van der Waals surface area contributed by atoms with Crippen LogP contribution in [-0.4, -0.2) is 34.2 Å². The van der Waals surface area contributed by atoms with Crippen LogP contribution < -0.4 is 0 Å². The number of nitrogens with zero attached hydrogens (tertiary/aromatic N) is 4. The normalized spacial score (nSPS) is 20.1. The van der Waals surface area contributed by atoms with Gasteiger partial charge in [-0.05, 0) is 31.0 Å². The summed E-state index contributed by atoms with van der Waals surface area (Å²) in [5.41, 5.74) is 0.741. The second-order valence-electron chi connectivity index (χ2n) is 4.60. The van der Waals surface area contributed by atoms with Crippen LogP contribution in [0.1, 0.15) is 24.6 Å². The lowest BCUT2D eigenvalue weighted by Gasteiger charge is -2.23. The maximum Gasteiger partial charge on any atom is 0.245 e. The van der Waals surface area contributed by atoms with Crippen molar-refractivity contribution in [1.29, 1.82) is 0 Å². The summed E-state index contributed by atoms with van der Waals surface area (Å²) in [6.07, 6.45) is 7.62. The maximum absolute atomic E-state index is 12.7. The zero-order chi connectivity index (χ0) is 14.0. The summed E-state index contributed by atoms with van der Waals surface area (Å²) in [4.78, 5) is 12.2. The number of hydrogen-bond acceptors (Lipinski definition) is 5. The molecule has 3 heterocycles. The van der Waals surface area contributed by atoms with E-state index in [2.05, 4.69) is 15.0 Å². The Morgan fingerprint density at radius 2 is 2.10 bits per heavy atom. The standard InChI is InChI=1S/C13H14N4O2S/c18-20(19,11-3-1-6-14-9-11)17-8-2-4-13(17)12-5-7-15-10-16-12/h1,3,5-7,9-10,13H,2,4,8H2. The van der Waals surface area contributed by atoms with E-state index in [1.54, 1.807) is 30.6 Å². The molecule has 0 saturated carbocycles. The first-order valence-corrected chi connectivity index (χ1v) is 7.81. The number of pyridine rings is 1. The summed E-state index contributed by atoms with van der Waals surface area (Å²) in [6, 6.07) is 4.74. The molecule has 1 aliphatic heterocycles. The summed E-state index contributed by atoms with van der Waals surface area (Å²) in [7, 11) is -3.53. The minimum Gasteiger partial charge on any atom is -0.263 e. The Morgan fingerprint density at radius 1 is 1.20 bits per heavy atom. The smallest absolute Gasteiger partial charge is 0.245 e. The highest BCUT2D eigenvalue weighted by molar-refractivity contribution is 7.89. The van der Waals surface area contributed by atoms with Gasteiger partial charge in [-0.2, -0.15) is 4.31 Å². The van der Waals surface area contributed by atoms with E-state index in [4.69, 9.17) is 0 Å². The van der Waals surface area contributed by atoms with Gasteiger partial charge in [-0.1, -0.05) is 0 Å². The van der Waals surface area contributed by atoms with Crippen LogP contribution in [0.15, 0.2) is 48.0 Å². The minimum atomic E-state index is -3.53. The minimum absolute atomic E-state index is 0.219. The van der Waals surface area contributed by atoms with Crippen LogP contribution in [0.4, 0.5) is 0 Å². The number of aromatic nitrogens is 3. The fourth-order valence-electron chi connectivity index (χ4n) is 2.46. The van der Waals surface area contributed by atoms with E-state index in [1.165, 1.54) is 16.8 Å². The third-order valence-electron chi connectivity index (χ3n) is 3.39. The van der Waals surface area contributed by atoms with E-state index in [9.17, 15) is 8.42 Å². The van der Waals surface area contributed by atoms with Crippen LogP contribution in [0.3, 0.4) is 0 Å². The van der Waals surface area contributed by atoms with Gasteiger partial charge in [-0.3, -0.25) is 4.98 Å². The van der Waals surface area contributed by atoms with Crippen LogP contribution >= 0.6 is 0 Å². The van der Waals surface area contributed by atoms with Crippen LogP contribution in [0.2, 0.25) is 0 Å². The highest BCUT2D eigenvalue weighted by atomic mass is 32.2. The maximum atomic E-state index is 12.7. The number of sulfonamides is 1. The molecule has 20 heavy (non-hydrogen) atoms. The Hall–Kier alpha value is -1.86. The quantitative estimate of drug-likeness (QED) is 0.854.